The lowest BCUT2D eigenvalue weighted by molar-refractivity contribution is -0.117. The van der Waals surface area contributed by atoms with Gasteiger partial charge in [0.25, 0.3) is 5.56 Å². The van der Waals surface area contributed by atoms with Crippen LogP contribution in [0.5, 0.6) is 0 Å². The van der Waals surface area contributed by atoms with E-state index >= 15 is 0 Å². The Labute approximate surface area is 165 Å². The van der Waals surface area contributed by atoms with Crippen molar-refractivity contribution in [1.29, 1.82) is 0 Å². The van der Waals surface area contributed by atoms with Gasteiger partial charge in [-0.3, -0.25) is 23.5 Å². The van der Waals surface area contributed by atoms with Crippen LogP contribution in [0.2, 0.25) is 0 Å². The van der Waals surface area contributed by atoms with Gasteiger partial charge in [-0.1, -0.05) is 12.1 Å². The second-order valence-corrected chi connectivity index (χ2v) is 6.81. The predicted molar refractivity (Wildman–Crippen MR) is 107 cm³/mol. The molecular formula is C19H22N6O4. The predicted octanol–water partition coefficient (Wildman–Crippen LogP) is -0.120. The average Bonchev–Trinajstić information content (AvgIpc) is 3.10. The summed E-state index contributed by atoms with van der Waals surface area (Å²) in [7, 11) is 2.98. The molecule has 3 aromatic rings. The Morgan fingerprint density at radius 1 is 1.10 bits per heavy atom. The molecule has 2 amide bonds. The number of hydrogen-bond donors (Lipinski definition) is 2. The fourth-order valence-corrected chi connectivity index (χ4v) is 3.11. The number of imidazole rings is 1. The lowest BCUT2D eigenvalue weighted by atomic mass is 10.1. The van der Waals surface area contributed by atoms with Crippen LogP contribution in [0, 0.1) is 0 Å². The molecule has 0 fully saturated rings. The van der Waals surface area contributed by atoms with Crippen LogP contribution in [-0.2, 0) is 36.6 Å². The van der Waals surface area contributed by atoms with Gasteiger partial charge in [-0.25, -0.2) is 9.78 Å². The van der Waals surface area contributed by atoms with E-state index in [0.717, 1.165) is 10.1 Å². The van der Waals surface area contributed by atoms with Crippen molar-refractivity contribution in [3.05, 3.63) is 57.0 Å². The molecule has 0 aliphatic heterocycles. The van der Waals surface area contributed by atoms with Crippen molar-refractivity contribution in [3.8, 4) is 0 Å². The summed E-state index contributed by atoms with van der Waals surface area (Å²) in [5.74, 6) is -0.582. The first-order valence-electron chi connectivity index (χ1n) is 9.06. The van der Waals surface area contributed by atoms with Gasteiger partial charge in [0.05, 0.1) is 12.7 Å². The third-order valence-corrected chi connectivity index (χ3v) is 4.64. The number of nitrogens with two attached hydrogens (primary N) is 1. The molecule has 0 spiro atoms. The molecule has 29 heavy (non-hydrogen) atoms. The molecule has 152 valence electrons. The van der Waals surface area contributed by atoms with Gasteiger partial charge in [0.15, 0.2) is 11.2 Å². The van der Waals surface area contributed by atoms with E-state index in [1.807, 2.05) is 0 Å². The van der Waals surface area contributed by atoms with Crippen LogP contribution in [0.3, 0.4) is 0 Å². The molecule has 0 saturated heterocycles. The van der Waals surface area contributed by atoms with E-state index in [4.69, 9.17) is 5.73 Å². The number of carbonyl (C=O) groups is 2. The third-order valence-electron chi connectivity index (χ3n) is 4.64. The van der Waals surface area contributed by atoms with Gasteiger partial charge in [0, 0.05) is 32.7 Å². The standard InChI is InChI=1S/C19H22N6O4/c1-23-17-16(18(28)24(2)19(23)29)25(11-21-17)9-3-4-15(27)22-13-7-5-12(6-8-13)10-14(20)26/h5-8,11H,3-4,9-10H2,1-2H3,(H2,20,26)(H,22,27). The first-order chi connectivity index (χ1) is 13.8. The highest BCUT2D eigenvalue weighted by Gasteiger charge is 2.14. The monoisotopic (exact) mass is 398 g/mol. The summed E-state index contributed by atoms with van der Waals surface area (Å²) in [5.41, 5.74) is 6.35. The van der Waals surface area contributed by atoms with Crippen molar-refractivity contribution in [2.45, 2.75) is 25.8 Å². The summed E-state index contributed by atoms with van der Waals surface area (Å²) in [6.07, 6.45) is 2.39. The largest absolute Gasteiger partial charge is 0.369 e. The number of aryl methyl sites for hydroxylation is 2. The molecule has 3 rings (SSSR count). The Morgan fingerprint density at radius 3 is 2.45 bits per heavy atom. The first-order valence-corrected chi connectivity index (χ1v) is 9.06. The molecule has 0 atom stereocenters. The quantitative estimate of drug-likeness (QED) is 0.572. The van der Waals surface area contributed by atoms with E-state index in [1.54, 1.807) is 35.9 Å². The molecule has 0 saturated carbocycles. The SMILES string of the molecule is Cn1c(=O)c2c(ncn2CCCC(=O)Nc2ccc(CC(N)=O)cc2)n(C)c1=O. The molecular weight excluding hydrogens is 376 g/mol. The number of amides is 2. The molecule has 0 unspecified atom stereocenters. The van der Waals surface area contributed by atoms with Gasteiger partial charge in [-0.15, -0.1) is 0 Å². The van der Waals surface area contributed by atoms with Crippen molar-refractivity contribution in [1.82, 2.24) is 18.7 Å². The van der Waals surface area contributed by atoms with E-state index in [0.29, 0.717) is 29.8 Å². The van der Waals surface area contributed by atoms with Crippen LogP contribution >= 0.6 is 0 Å². The number of benzene rings is 1. The lowest BCUT2D eigenvalue weighted by Gasteiger charge is -2.08. The molecule has 2 aromatic heterocycles. The van der Waals surface area contributed by atoms with Gasteiger partial charge in [-0.05, 0) is 24.1 Å². The number of carbonyl (C=O) groups excluding carboxylic acids is 2. The van der Waals surface area contributed by atoms with Crippen molar-refractivity contribution < 1.29 is 9.59 Å². The number of anilines is 1. The number of fused-ring (bicyclic) bond motifs is 1. The molecule has 1 aromatic carbocycles. The Kier molecular flexibility index (Phi) is 5.62. The molecule has 10 nitrogen and oxygen atoms in total. The molecule has 0 radical (unpaired) electrons. The molecule has 10 heteroatoms. The Bertz CT molecular complexity index is 1190. The van der Waals surface area contributed by atoms with Gasteiger partial charge >= 0.3 is 5.69 Å². The maximum Gasteiger partial charge on any atom is 0.332 e. The van der Waals surface area contributed by atoms with E-state index in [2.05, 4.69) is 10.3 Å². The number of nitrogens with one attached hydrogen (secondary N) is 1. The highest BCUT2D eigenvalue weighted by molar-refractivity contribution is 5.90. The fraction of sp³-hybridized carbons (Fsp3) is 0.316. The summed E-state index contributed by atoms with van der Waals surface area (Å²) < 4.78 is 4.01. The van der Waals surface area contributed by atoms with E-state index in [9.17, 15) is 19.2 Å². The summed E-state index contributed by atoms with van der Waals surface area (Å²) in [6.45, 7) is 0.412. The van der Waals surface area contributed by atoms with E-state index < -0.39 is 17.2 Å². The van der Waals surface area contributed by atoms with Gasteiger partial charge in [0.2, 0.25) is 11.8 Å². The zero-order chi connectivity index (χ0) is 21.1. The summed E-state index contributed by atoms with van der Waals surface area (Å²) in [5, 5.41) is 2.79. The summed E-state index contributed by atoms with van der Waals surface area (Å²) in [6, 6.07) is 6.89. The molecule has 2 heterocycles. The average molecular weight is 398 g/mol. The molecule has 0 aliphatic carbocycles. The Morgan fingerprint density at radius 2 is 1.79 bits per heavy atom. The van der Waals surface area contributed by atoms with Crippen molar-refractivity contribution in [3.63, 3.8) is 0 Å². The normalized spacial score (nSPS) is 11.0. The van der Waals surface area contributed by atoms with Crippen LogP contribution in [0.15, 0.2) is 40.2 Å². The van der Waals surface area contributed by atoms with E-state index in [-0.39, 0.29) is 18.7 Å². The van der Waals surface area contributed by atoms with Crippen LogP contribution in [0.25, 0.3) is 11.2 Å². The van der Waals surface area contributed by atoms with Gasteiger partial charge in [0.1, 0.15) is 0 Å². The summed E-state index contributed by atoms with van der Waals surface area (Å²) in [4.78, 5) is 51.6. The second kappa shape index (κ2) is 8.13. The number of rotatable bonds is 7. The molecule has 0 aliphatic rings. The van der Waals surface area contributed by atoms with Crippen LogP contribution in [0.1, 0.15) is 18.4 Å². The Hall–Kier alpha value is -3.69. The van der Waals surface area contributed by atoms with Crippen molar-refractivity contribution >= 4 is 28.7 Å². The first kappa shape index (κ1) is 20.1. The molecule has 0 bridgehead atoms. The van der Waals surface area contributed by atoms with Gasteiger partial charge in [-0.2, -0.15) is 0 Å². The van der Waals surface area contributed by atoms with Crippen LogP contribution < -0.4 is 22.3 Å². The number of primary amides is 1. The zero-order valence-electron chi connectivity index (χ0n) is 16.2. The van der Waals surface area contributed by atoms with E-state index in [1.165, 1.54) is 17.9 Å². The number of hydrogen-bond acceptors (Lipinski definition) is 5. The van der Waals surface area contributed by atoms with Gasteiger partial charge < -0.3 is 15.6 Å². The fourth-order valence-electron chi connectivity index (χ4n) is 3.11. The van der Waals surface area contributed by atoms with Crippen LogP contribution in [-0.4, -0.2) is 30.5 Å². The maximum atomic E-state index is 12.4. The summed E-state index contributed by atoms with van der Waals surface area (Å²) >= 11 is 0. The minimum atomic E-state index is -0.436. The topological polar surface area (TPSA) is 134 Å². The minimum Gasteiger partial charge on any atom is -0.369 e. The second-order valence-electron chi connectivity index (χ2n) is 6.81. The maximum absolute atomic E-state index is 12.4. The molecule has 3 N–H and O–H groups in total. The highest BCUT2D eigenvalue weighted by atomic mass is 16.2. The minimum absolute atomic E-state index is 0.151. The van der Waals surface area contributed by atoms with Crippen LogP contribution in [0.4, 0.5) is 5.69 Å². The zero-order valence-corrected chi connectivity index (χ0v) is 16.2. The smallest absolute Gasteiger partial charge is 0.332 e. The number of nitrogens with zero attached hydrogens (tertiary/aromatic N) is 4. The highest BCUT2D eigenvalue weighted by Crippen LogP contribution is 2.12. The van der Waals surface area contributed by atoms with Crippen molar-refractivity contribution in [2.24, 2.45) is 19.8 Å². The third kappa shape index (κ3) is 4.26. The Balaban J connectivity index is 1.62. The van der Waals surface area contributed by atoms with Crippen molar-refractivity contribution in [2.75, 3.05) is 5.32 Å². The number of aromatic nitrogens is 4. The lowest BCUT2D eigenvalue weighted by Crippen LogP contribution is -2.37.